The fraction of sp³-hybridized carbons (Fsp3) is 0.312. The van der Waals surface area contributed by atoms with E-state index in [1.165, 1.54) is 0 Å². The summed E-state index contributed by atoms with van der Waals surface area (Å²) < 4.78 is 58.6. The third kappa shape index (κ3) is 3.31. The Morgan fingerprint density at radius 3 is 2.65 bits per heavy atom. The van der Waals surface area contributed by atoms with Crippen molar-refractivity contribution in [3.05, 3.63) is 51.0 Å². The smallest absolute Gasteiger partial charge is 0.418 e. The van der Waals surface area contributed by atoms with Crippen molar-refractivity contribution in [3.63, 3.8) is 0 Å². The first kappa shape index (κ1) is 18.4. The molecular formula is C16H12ClF4N3O2. The number of nitrogens with zero attached hydrogens (tertiary/aromatic N) is 3. The molecule has 3 rings (SSSR count). The van der Waals surface area contributed by atoms with Gasteiger partial charge < -0.3 is 4.42 Å². The summed E-state index contributed by atoms with van der Waals surface area (Å²) in [4.78, 5) is 16.2. The minimum absolute atomic E-state index is 0.0442. The van der Waals surface area contributed by atoms with Gasteiger partial charge in [0.2, 0.25) is 0 Å². The lowest BCUT2D eigenvalue weighted by Crippen LogP contribution is -2.24. The number of unbranched alkanes of at least 4 members (excludes halogenated alkanes) is 1. The van der Waals surface area contributed by atoms with Crippen molar-refractivity contribution < 1.29 is 22.0 Å². The predicted molar refractivity (Wildman–Crippen MR) is 86.0 cm³/mol. The summed E-state index contributed by atoms with van der Waals surface area (Å²) in [7, 11) is 0. The highest BCUT2D eigenvalue weighted by Crippen LogP contribution is 2.32. The van der Waals surface area contributed by atoms with Crippen molar-refractivity contribution in [2.24, 2.45) is 0 Å². The number of benzene rings is 1. The summed E-state index contributed by atoms with van der Waals surface area (Å²) in [5.74, 6) is -0.664. The normalized spacial score (nSPS) is 12.1. The molecule has 10 heteroatoms. The maximum atomic E-state index is 14.5. The van der Waals surface area contributed by atoms with E-state index in [0.717, 1.165) is 18.9 Å². The first-order chi connectivity index (χ1) is 12.2. The SMILES string of the molecule is CCCCc1nc2c(-n3ncc(C(F)(F)F)cc3=O)c(F)cc(Cl)c2o1. The summed E-state index contributed by atoms with van der Waals surface area (Å²) in [6.45, 7) is 1.96. The van der Waals surface area contributed by atoms with Gasteiger partial charge in [-0.3, -0.25) is 4.79 Å². The zero-order valence-electron chi connectivity index (χ0n) is 13.4. The quantitative estimate of drug-likeness (QED) is 0.615. The summed E-state index contributed by atoms with van der Waals surface area (Å²) in [5, 5.41) is 3.39. The van der Waals surface area contributed by atoms with Gasteiger partial charge in [0, 0.05) is 12.5 Å². The fourth-order valence-electron chi connectivity index (χ4n) is 2.41. The maximum absolute atomic E-state index is 14.5. The van der Waals surface area contributed by atoms with Gasteiger partial charge in [-0.2, -0.15) is 23.0 Å². The molecule has 3 aromatic rings. The van der Waals surface area contributed by atoms with E-state index in [9.17, 15) is 22.4 Å². The Kier molecular flexibility index (Phi) is 4.74. The summed E-state index contributed by atoms with van der Waals surface area (Å²) in [6.07, 6.45) is -2.19. The van der Waals surface area contributed by atoms with Crippen LogP contribution in [0.3, 0.4) is 0 Å². The number of hydrogen-bond donors (Lipinski definition) is 0. The average Bonchev–Trinajstić information content (AvgIpc) is 2.97. The number of halogens is 5. The molecule has 0 aliphatic rings. The molecule has 2 heterocycles. The van der Waals surface area contributed by atoms with Gasteiger partial charge in [-0.15, -0.1) is 0 Å². The molecule has 0 saturated carbocycles. The van der Waals surface area contributed by atoms with Crippen LogP contribution in [0.2, 0.25) is 5.02 Å². The summed E-state index contributed by atoms with van der Waals surface area (Å²) in [6, 6.07) is 1.24. The largest absolute Gasteiger partial charge is 0.439 e. The van der Waals surface area contributed by atoms with Crippen LogP contribution in [0.25, 0.3) is 16.8 Å². The van der Waals surface area contributed by atoms with E-state index in [2.05, 4.69) is 10.1 Å². The first-order valence-corrected chi connectivity index (χ1v) is 8.04. The van der Waals surface area contributed by atoms with Crippen LogP contribution in [0.5, 0.6) is 0 Å². The van der Waals surface area contributed by atoms with Crippen LogP contribution >= 0.6 is 11.6 Å². The average molecular weight is 390 g/mol. The molecule has 26 heavy (non-hydrogen) atoms. The van der Waals surface area contributed by atoms with Gasteiger partial charge in [0.15, 0.2) is 17.3 Å². The standard InChI is InChI=1S/C16H12ClF4N3O2/c1-2-3-4-11-23-13-14(10(18)6-9(17)15(13)26-11)24-12(25)5-8(7-22-24)16(19,20)21/h5-7H,2-4H2,1H3. The van der Waals surface area contributed by atoms with Crippen LogP contribution in [-0.4, -0.2) is 14.8 Å². The van der Waals surface area contributed by atoms with Crippen LogP contribution < -0.4 is 5.56 Å². The van der Waals surface area contributed by atoms with E-state index in [4.69, 9.17) is 16.0 Å². The number of hydrogen-bond acceptors (Lipinski definition) is 4. The Hall–Kier alpha value is -2.42. The highest BCUT2D eigenvalue weighted by molar-refractivity contribution is 6.35. The second kappa shape index (κ2) is 6.71. The minimum Gasteiger partial charge on any atom is -0.439 e. The molecule has 138 valence electrons. The molecule has 2 aromatic heterocycles. The zero-order chi connectivity index (χ0) is 19.1. The maximum Gasteiger partial charge on any atom is 0.418 e. The monoisotopic (exact) mass is 389 g/mol. The van der Waals surface area contributed by atoms with Gasteiger partial charge in [-0.05, 0) is 12.5 Å². The van der Waals surface area contributed by atoms with Crippen LogP contribution in [0, 0.1) is 5.82 Å². The first-order valence-electron chi connectivity index (χ1n) is 7.66. The minimum atomic E-state index is -4.74. The molecule has 0 bridgehead atoms. The second-order valence-corrected chi connectivity index (χ2v) is 5.98. The van der Waals surface area contributed by atoms with Crippen molar-refractivity contribution in [1.29, 1.82) is 0 Å². The Balaban J connectivity index is 2.21. The van der Waals surface area contributed by atoms with Crippen LogP contribution in [0.1, 0.15) is 31.2 Å². The molecule has 0 N–H and O–H groups in total. The van der Waals surface area contributed by atoms with Gasteiger partial charge in [-0.1, -0.05) is 24.9 Å². The third-order valence-corrected chi connectivity index (χ3v) is 3.96. The van der Waals surface area contributed by atoms with Crippen molar-refractivity contribution in [1.82, 2.24) is 14.8 Å². The Morgan fingerprint density at radius 1 is 1.31 bits per heavy atom. The lowest BCUT2D eigenvalue weighted by Gasteiger charge is -2.09. The van der Waals surface area contributed by atoms with E-state index < -0.39 is 28.8 Å². The van der Waals surface area contributed by atoms with Crippen molar-refractivity contribution in [2.45, 2.75) is 32.4 Å². The van der Waals surface area contributed by atoms with Crippen LogP contribution in [-0.2, 0) is 12.6 Å². The number of oxazole rings is 1. The van der Waals surface area contributed by atoms with Gasteiger partial charge in [0.25, 0.3) is 5.56 Å². The Bertz CT molecular complexity index is 1030. The van der Waals surface area contributed by atoms with E-state index in [1.54, 1.807) is 0 Å². The highest BCUT2D eigenvalue weighted by Gasteiger charge is 2.32. The lowest BCUT2D eigenvalue weighted by molar-refractivity contribution is -0.138. The predicted octanol–water partition coefficient (Wildman–Crippen LogP) is 4.53. The lowest BCUT2D eigenvalue weighted by atomic mass is 10.2. The van der Waals surface area contributed by atoms with Crippen molar-refractivity contribution in [3.8, 4) is 5.69 Å². The Morgan fingerprint density at radius 2 is 2.04 bits per heavy atom. The van der Waals surface area contributed by atoms with Gasteiger partial charge in [-0.25, -0.2) is 9.37 Å². The van der Waals surface area contributed by atoms with Crippen LogP contribution in [0.4, 0.5) is 17.6 Å². The van der Waals surface area contributed by atoms with E-state index in [1.807, 2.05) is 6.92 Å². The van der Waals surface area contributed by atoms with E-state index >= 15 is 0 Å². The second-order valence-electron chi connectivity index (χ2n) is 5.57. The molecule has 0 saturated heterocycles. The summed E-state index contributed by atoms with van der Waals surface area (Å²) in [5.41, 5.74) is -2.82. The molecular weight excluding hydrogens is 378 g/mol. The van der Waals surface area contributed by atoms with Gasteiger partial charge in [0.1, 0.15) is 11.2 Å². The number of rotatable bonds is 4. The molecule has 0 radical (unpaired) electrons. The van der Waals surface area contributed by atoms with Crippen molar-refractivity contribution >= 4 is 22.7 Å². The molecule has 1 aromatic carbocycles. The Labute approximate surface area is 149 Å². The summed E-state index contributed by atoms with van der Waals surface area (Å²) >= 11 is 5.96. The molecule has 0 spiro atoms. The number of aryl methyl sites for hydroxylation is 1. The molecule has 5 nitrogen and oxygen atoms in total. The van der Waals surface area contributed by atoms with Crippen LogP contribution in [0.15, 0.2) is 27.5 Å². The highest BCUT2D eigenvalue weighted by atomic mass is 35.5. The molecule has 0 fully saturated rings. The molecule has 0 amide bonds. The third-order valence-electron chi connectivity index (χ3n) is 3.68. The van der Waals surface area contributed by atoms with E-state index in [0.29, 0.717) is 23.4 Å². The van der Waals surface area contributed by atoms with Gasteiger partial charge >= 0.3 is 6.18 Å². The van der Waals surface area contributed by atoms with Crippen molar-refractivity contribution in [2.75, 3.05) is 0 Å². The molecule has 0 aliphatic heterocycles. The zero-order valence-corrected chi connectivity index (χ0v) is 14.2. The number of aromatic nitrogens is 3. The molecule has 0 aliphatic carbocycles. The molecule has 0 atom stereocenters. The number of alkyl halides is 3. The molecule has 0 unspecified atom stereocenters. The number of fused-ring (bicyclic) bond motifs is 1. The fourth-order valence-corrected chi connectivity index (χ4v) is 2.64. The topological polar surface area (TPSA) is 60.9 Å². The van der Waals surface area contributed by atoms with Gasteiger partial charge in [0.05, 0.1) is 16.8 Å². The van der Waals surface area contributed by atoms with E-state index in [-0.39, 0.29) is 22.0 Å².